The number of anilines is 1. The number of ether oxygens (including phenoxy) is 1. The van der Waals surface area contributed by atoms with Crippen LogP contribution in [0.1, 0.15) is 17.2 Å². The maximum atomic E-state index is 12.5. The summed E-state index contributed by atoms with van der Waals surface area (Å²) >= 11 is 0. The lowest BCUT2D eigenvalue weighted by Crippen LogP contribution is -2.21. The maximum absolute atomic E-state index is 12.5. The number of pyridine rings is 1. The Morgan fingerprint density at radius 2 is 2.20 bits per heavy atom. The predicted octanol–water partition coefficient (Wildman–Crippen LogP) is 2.09. The van der Waals surface area contributed by atoms with Crippen LogP contribution in [0.4, 0.5) is 5.69 Å². The second-order valence-electron chi connectivity index (χ2n) is 4.73. The Morgan fingerprint density at radius 1 is 1.35 bits per heavy atom. The van der Waals surface area contributed by atoms with E-state index >= 15 is 0 Å². The van der Waals surface area contributed by atoms with Gasteiger partial charge in [-0.15, -0.1) is 0 Å². The van der Waals surface area contributed by atoms with Gasteiger partial charge in [-0.1, -0.05) is 24.3 Å². The molecule has 1 aromatic heterocycles. The minimum atomic E-state index is -1.19. The highest BCUT2D eigenvalue weighted by Gasteiger charge is 2.23. The molecule has 0 fully saturated rings. The Hall–Kier alpha value is -1.72. The summed E-state index contributed by atoms with van der Waals surface area (Å²) in [5, 5.41) is 0. The highest BCUT2D eigenvalue weighted by atomic mass is 32.2. The van der Waals surface area contributed by atoms with Crippen molar-refractivity contribution < 1.29 is 8.95 Å². The molecule has 0 saturated heterocycles. The zero-order valence-electron chi connectivity index (χ0n) is 11.0. The summed E-state index contributed by atoms with van der Waals surface area (Å²) in [7, 11) is -1.19. The van der Waals surface area contributed by atoms with E-state index in [9.17, 15) is 4.21 Å². The van der Waals surface area contributed by atoms with Crippen LogP contribution in [-0.4, -0.2) is 21.6 Å². The molecule has 0 spiro atoms. The van der Waals surface area contributed by atoms with E-state index < -0.39 is 10.8 Å². The molecule has 0 radical (unpaired) electrons. The number of hydrogen-bond donors (Lipinski definition) is 1. The molecule has 2 aromatic rings. The zero-order chi connectivity index (χ0) is 13.9. The molecule has 4 nitrogen and oxygen atoms in total. The monoisotopic (exact) mass is 288 g/mol. The van der Waals surface area contributed by atoms with Crippen LogP contribution >= 0.6 is 0 Å². The molecule has 2 unspecified atom stereocenters. The van der Waals surface area contributed by atoms with E-state index in [1.807, 2.05) is 18.2 Å². The lowest BCUT2D eigenvalue weighted by molar-refractivity contribution is 0.0582. The highest BCUT2D eigenvalue weighted by molar-refractivity contribution is 7.85. The minimum absolute atomic E-state index is 0.131. The van der Waals surface area contributed by atoms with Gasteiger partial charge in [0.15, 0.2) is 0 Å². The van der Waals surface area contributed by atoms with Gasteiger partial charge in [-0.05, 0) is 23.6 Å². The van der Waals surface area contributed by atoms with Crippen LogP contribution in [0, 0.1) is 0 Å². The molecule has 5 heteroatoms. The number of nitrogens with zero attached hydrogens (tertiary/aromatic N) is 1. The lowest BCUT2D eigenvalue weighted by Gasteiger charge is -2.25. The van der Waals surface area contributed by atoms with Crippen LogP contribution in [0.2, 0.25) is 0 Å². The van der Waals surface area contributed by atoms with Gasteiger partial charge in [-0.2, -0.15) is 0 Å². The second kappa shape index (κ2) is 5.73. The molecular formula is C15H16N2O2S. The molecule has 0 saturated carbocycles. The van der Waals surface area contributed by atoms with Crippen molar-refractivity contribution in [3.05, 3.63) is 53.9 Å². The molecule has 0 aliphatic carbocycles. The third-order valence-corrected chi connectivity index (χ3v) is 4.92. The smallest absolute Gasteiger partial charge is 0.0946 e. The SMILES string of the molecule is Nc1cnccc1S(=O)CC1OCCc2ccccc21. The topological polar surface area (TPSA) is 65.2 Å². The van der Waals surface area contributed by atoms with Crippen LogP contribution in [0.15, 0.2) is 47.6 Å². The summed E-state index contributed by atoms with van der Waals surface area (Å²) in [6.45, 7) is 0.671. The van der Waals surface area contributed by atoms with E-state index in [0.29, 0.717) is 22.9 Å². The van der Waals surface area contributed by atoms with Crippen molar-refractivity contribution in [2.45, 2.75) is 17.4 Å². The Bertz CT molecular complexity index is 645. The van der Waals surface area contributed by atoms with Crippen molar-refractivity contribution >= 4 is 16.5 Å². The van der Waals surface area contributed by atoms with E-state index in [2.05, 4.69) is 11.1 Å². The first-order chi connectivity index (χ1) is 9.75. The van der Waals surface area contributed by atoms with Crippen molar-refractivity contribution in [1.29, 1.82) is 0 Å². The van der Waals surface area contributed by atoms with Gasteiger partial charge in [0.25, 0.3) is 0 Å². The molecule has 104 valence electrons. The van der Waals surface area contributed by atoms with Gasteiger partial charge in [0.05, 0.1) is 46.0 Å². The van der Waals surface area contributed by atoms with Crippen LogP contribution in [0.5, 0.6) is 0 Å². The first-order valence-electron chi connectivity index (χ1n) is 6.53. The van der Waals surface area contributed by atoms with E-state index in [-0.39, 0.29) is 6.10 Å². The van der Waals surface area contributed by atoms with Crippen molar-refractivity contribution in [3.8, 4) is 0 Å². The number of benzene rings is 1. The van der Waals surface area contributed by atoms with E-state index in [4.69, 9.17) is 10.5 Å². The highest BCUT2D eigenvalue weighted by Crippen LogP contribution is 2.29. The number of hydrogen-bond acceptors (Lipinski definition) is 4. The summed E-state index contributed by atoms with van der Waals surface area (Å²) in [6.07, 6.45) is 3.92. The summed E-state index contributed by atoms with van der Waals surface area (Å²) in [4.78, 5) is 4.55. The average molecular weight is 288 g/mol. The average Bonchev–Trinajstić information content (AvgIpc) is 2.48. The molecule has 20 heavy (non-hydrogen) atoms. The number of nitrogen functional groups attached to an aromatic ring is 1. The Balaban J connectivity index is 1.83. The molecule has 1 aliphatic rings. The zero-order valence-corrected chi connectivity index (χ0v) is 11.8. The van der Waals surface area contributed by atoms with Crippen LogP contribution < -0.4 is 5.73 Å². The molecule has 2 atom stereocenters. The van der Waals surface area contributed by atoms with Gasteiger partial charge in [0, 0.05) is 6.20 Å². The normalized spacial score (nSPS) is 19.3. The molecule has 2 N–H and O–H groups in total. The number of rotatable bonds is 3. The molecule has 0 amide bonds. The van der Waals surface area contributed by atoms with Crippen molar-refractivity contribution in [3.63, 3.8) is 0 Å². The fourth-order valence-electron chi connectivity index (χ4n) is 2.44. The van der Waals surface area contributed by atoms with Gasteiger partial charge in [-0.25, -0.2) is 0 Å². The molecule has 1 aromatic carbocycles. The van der Waals surface area contributed by atoms with Gasteiger partial charge < -0.3 is 10.5 Å². The summed E-state index contributed by atoms with van der Waals surface area (Å²) < 4.78 is 18.3. The lowest BCUT2D eigenvalue weighted by atomic mass is 9.99. The van der Waals surface area contributed by atoms with Crippen LogP contribution in [0.25, 0.3) is 0 Å². The quantitative estimate of drug-likeness (QED) is 0.939. The molecule has 2 heterocycles. The fourth-order valence-corrected chi connectivity index (χ4v) is 3.70. The molecular weight excluding hydrogens is 272 g/mol. The van der Waals surface area contributed by atoms with Gasteiger partial charge in [-0.3, -0.25) is 9.19 Å². The molecule has 1 aliphatic heterocycles. The van der Waals surface area contributed by atoms with E-state index in [1.54, 1.807) is 12.3 Å². The van der Waals surface area contributed by atoms with Gasteiger partial charge >= 0.3 is 0 Å². The third-order valence-electron chi connectivity index (χ3n) is 3.45. The van der Waals surface area contributed by atoms with Crippen LogP contribution in [0.3, 0.4) is 0 Å². The third kappa shape index (κ3) is 2.59. The van der Waals surface area contributed by atoms with Crippen molar-refractivity contribution in [2.75, 3.05) is 18.1 Å². The largest absolute Gasteiger partial charge is 0.396 e. The van der Waals surface area contributed by atoms with E-state index in [1.165, 1.54) is 11.8 Å². The Kier molecular flexibility index (Phi) is 3.80. The first-order valence-corrected chi connectivity index (χ1v) is 7.85. The maximum Gasteiger partial charge on any atom is 0.0946 e. The number of aromatic nitrogens is 1. The minimum Gasteiger partial charge on any atom is -0.396 e. The predicted molar refractivity (Wildman–Crippen MR) is 78.8 cm³/mol. The Labute approximate surface area is 120 Å². The summed E-state index contributed by atoms with van der Waals surface area (Å²) in [5.74, 6) is 0.422. The summed E-state index contributed by atoms with van der Waals surface area (Å²) in [5.41, 5.74) is 8.71. The molecule has 3 rings (SSSR count). The fraction of sp³-hybridized carbons (Fsp3) is 0.267. The second-order valence-corrected chi connectivity index (χ2v) is 6.20. The summed E-state index contributed by atoms with van der Waals surface area (Å²) in [6, 6.07) is 9.88. The number of nitrogens with two attached hydrogens (primary N) is 1. The Morgan fingerprint density at radius 3 is 3.05 bits per heavy atom. The van der Waals surface area contributed by atoms with Crippen molar-refractivity contribution in [2.24, 2.45) is 0 Å². The standard InChI is InChI=1S/C15H16N2O2S/c16-13-9-17-7-5-15(13)20(18)10-14-12-4-2-1-3-11(12)6-8-19-14/h1-5,7,9,14H,6,8,10,16H2. The number of fused-ring (bicyclic) bond motifs is 1. The van der Waals surface area contributed by atoms with Crippen molar-refractivity contribution in [1.82, 2.24) is 4.98 Å². The van der Waals surface area contributed by atoms with E-state index in [0.717, 1.165) is 12.0 Å². The van der Waals surface area contributed by atoms with Crippen LogP contribution in [-0.2, 0) is 22.0 Å². The first kappa shape index (κ1) is 13.3. The van der Waals surface area contributed by atoms with Gasteiger partial charge in [0.2, 0.25) is 0 Å². The van der Waals surface area contributed by atoms with Gasteiger partial charge in [0.1, 0.15) is 0 Å². The molecule has 0 bridgehead atoms.